The van der Waals surface area contributed by atoms with E-state index in [1.807, 2.05) is 0 Å². The van der Waals surface area contributed by atoms with Crippen LogP contribution in [0.3, 0.4) is 0 Å². The minimum absolute atomic E-state index is 0.461. The van der Waals surface area contributed by atoms with Crippen molar-refractivity contribution in [2.24, 2.45) is 0 Å². The molecular formula is C17H27N3O. The van der Waals surface area contributed by atoms with Crippen molar-refractivity contribution in [1.29, 1.82) is 0 Å². The molecule has 0 saturated carbocycles. The molecule has 1 aromatic carbocycles. The van der Waals surface area contributed by atoms with Gasteiger partial charge in [0.05, 0.1) is 6.61 Å². The lowest BCUT2D eigenvalue weighted by atomic mass is 10.0. The molecule has 0 amide bonds. The molecule has 116 valence electrons. The summed E-state index contributed by atoms with van der Waals surface area (Å²) in [5.74, 6) is 1.06. The summed E-state index contributed by atoms with van der Waals surface area (Å²) in [5, 5.41) is 3.71. The SMILES string of the molecule is CN1CCN(CCCNC2CCOc3ccccc32)CC1. The zero-order valence-electron chi connectivity index (χ0n) is 13.1. The van der Waals surface area contributed by atoms with Crippen LogP contribution >= 0.6 is 0 Å². The Kier molecular flexibility index (Phi) is 5.12. The summed E-state index contributed by atoms with van der Waals surface area (Å²) in [6.45, 7) is 7.99. The van der Waals surface area contributed by atoms with E-state index in [1.54, 1.807) is 0 Å². The number of hydrogen-bond acceptors (Lipinski definition) is 4. The van der Waals surface area contributed by atoms with Crippen LogP contribution in [0.25, 0.3) is 0 Å². The van der Waals surface area contributed by atoms with Crippen LogP contribution in [0, 0.1) is 0 Å². The number of nitrogens with one attached hydrogen (secondary N) is 1. The van der Waals surface area contributed by atoms with Gasteiger partial charge in [0.15, 0.2) is 0 Å². The van der Waals surface area contributed by atoms with Crippen molar-refractivity contribution in [3.05, 3.63) is 29.8 Å². The van der Waals surface area contributed by atoms with E-state index in [1.165, 1.54) is 44.7 Å². The van der Waals surface area contributed by atoms with E-state index in [0.717, 1.165) is 25.3 Å². The molecule has 0 aromatic heterocycles. The van der Waals surface area contributed by atoms with Crippen LogP contribution in [-0.4, -0.2) is 62.7 Å². The summed E-state index contributed by atoms with van der Waals surface area (Å²) in [4.78, 5) is 4.99. The van der Waals surface area contributed by atoms with Gasteiger partial charge in [0, 0.05) is 44.2 Å². The Hall–Kier alpha value is -1.10. The van der Waals surface area contributed by atoms with Crippen LogP contribution in [0.1, 0.15) is 24.4 Å². The standard InChI is InChI=1S/C17H27N3O/c1-19-10-12-20(13-11-19)9-4-8-18-16-7-14-21-17-6-3-2-5-15(16)17/h2-3,5-6,16,18H,4,7-14H2,1H3. The molecule has 1 atom stereocenters. The average Bonchev–Trinajstić information content (AvgIpc) is 2.53. The maximum Gasteiger partial charge on any atom is 0.124 e. The van der Waals surface area contributed by atoms with Crippen molar-refractivity contribution < 1.29 is 4.74 Å². The molecule has 0 aliphatic carbocycles. The van der Waals surface area contributed by atoms with Gasteiger partial charge in [0.1, 0.15) is 5.75 Å². The van der Waals surface area contributed by atoms with Gasteiger partial charge in [0.25, 0.3) is 0 Å². The number of nitrogens with zero attached hydrogens (tertiary/aromatic N) is 2. The molecular weight excluding hydrogens is 262 g/mol. The molecule has 3 rings (SSSR count). The van der Waals surface area contributed by atoms with Gasteiger partial charge in [-0.15, -0.1) is 0 Å². The molecule has 0 spiro atoms. The zero-order chi connectivity index (χ0) is 14.5. The van der Waals surface area contributed by atoms with Gasteiger partial charge in [0.2, 0.25) is 0 Å². The smallest absolute Gasteiger partial charge is 0.124 e. The number of para-hydroxylation sites is 1. The second kappa shape index (κ2) is 7.25. The molecule has 1 unspecified atom stereocenters. The summed E-state index contributed by atoms with van der Waals surface area (Å²) in [6.07, 6.45) is 2.30. The quantitative estimate of drug-likeness (QED) is 0.836. The van der Waals surface area contributed by atoms with Crippen molar-refractivity contribution in [1.82, 2.24) is 15.1 Å². The van der Waals surface area contributed by atoms with Crippen molar-refractivity contribution >= 4 is 0 Å². The second-order valence-corrected chi connectivity index (χ2v) is 6.18. The van der Waals surface area contributed by atoms with E-state index in [4.69, 9.17) is 4.74 Å². The maximum absolute atomic E-state index is 5.71. The Balaban J connectivity index is 1.40. The highest BCUT2D eigenvalue weighted by molar-refractivity contribution is 5.37. The largest absolute Gasteiger partial charge is 0.493 e. The van der Waals surface area contributed by atoms with E-state index in [9.17, 15) is 0 Å². The van der Waals surface area contributed by atoms with Crippen LogP contribution in [-0.2, 0) is 0 Å². The van der Waals surface area contributed by atoms with Crippen LogP contribution in [0.5, 0.6) is 5.75 Å². The zero-order valence-corrected chi connectivity index (χ0v) is 13.1. The summed E-state index contributed by atoms with van der Waals surface area (Å²) >= 11 is 0. The highest BCUT2D eigenvalue weighted by Crippen LogP contribution is 2.31. The molecule has 2 aliphatic heterocycles. The molecule has 4 nitrogen and oxygen atoms in total. The Morgan fingerprint density at radius 3 is 2.86 bits per heavy atom. The van der Waals surface area contributed by atoms with Crippen molar-refractivity contribution in [3.63, 3.8) is 0 Å². The minimum Gasteiger partial charge on any atom is -0.493 e. The third-order valence-corrected chi connectivity index (χ3v) is 4.60. The van der Waals surface area contributed by atoms with Gasteiger partial charge in [-0.2, -0.15) is 0 Å². The number of fused-ring (bicyclic) bond motifs is 1. The molecule has 1 fully saturated rings. The predicted octanol–water partition coefficient (Wildman–Crippen LogP) is 1.74. The molecule has 21 heavy (non-hydrogen) atoms. The fraction of sp³-hybridized carbons (Fsp3) is 0.647. The summed E-state index contributed by atoms with van der Waals surface area (Å²) in [6, 6.07) is 8.88. The van der Waals surface area contributed by atoms with Crippen LogP contribution in [0.2, 0.25) is 0 Å². The third-order valence-electron chi connectivity index (χ3n) is 4.60. The van der Waals surface area contributed by atoms with Gasteiger partial charge in [-0.1, -0.05) is 18.2 Å². The fourth-order valence-corrected chi connectivity index (χ4v) is 3.20. The van der Waals surface area contributed by atoms with Crippen molar-refractivity contribution in [3.8, 4) is 5.75 Å². The van der Waals surface area contributed by atoms with Crippen LogP contribution in [0.4, 0.5) is 0 Å². The third kappa shape index (κ3) is 3.96. The highest BCUT2D eigenvalue weighted by atomic mass is 16.5. The molecule has 2 aliphatic rings. The molecule has 4 heteroatoms. The second-order valence-electron chi connectivity index (χ2n) is 6.18. The van der Waals surface area contributed by atoms with Crippen molar-refractivity contribution in [2.45, 2.75) is 18.9 Å². The first-order valence-corrected chi connectivity index (χ1v) is 8.19. The first-order valence-electron chi connectivity index (χ1n) is 8.19. The number of piperazine rings is 1. The lowest BCUT2D eigenvalue weighted by Gasteiger charge is -2.32. The average molecular weight is 289 g/mol. The number of hydrogen-bond donors (Lipinski definition) is 1. The topological polar surface area (TPSA) is 27.7 Å². The Morgan fingerprint density at radius 1 is 1.19 bits per heavy atom. The predicted molar refractivity (Wildman–Crippen MR) is 85.9 cm³/mol. The Morgan fingerprint density at radius 2 is 2.00 bits per heavy atom. The number of ether oxygens (including phenoxy) is 1. The summed E-state index contributed by atoms with van der Waals surface area (Å²) < 4.78 is 5.71. The maximum atomic E-state index is 5.71. The van der Waals surface area contributed by atoms with Crippen LogP contribution < -0.4 is 10.1 Å². The van der Waals surface area contributed by atoms with Gasteiger partial charge >= 0.3 is 0 Å². The lowest BCUT2D eigenvalue weighted by Crippen LogP contribution is -2.45. The van der Waals surface area contributed by atoms with E-state index >= 15 is 0 Å². The lowest BCUT2D eigenvalue weighted by molar-refractivity contribution is 0.152. The van der Waals surface area contributed by atoms with E-state index in [-0.39, 0.29) is 0 Å². The number of benzene rings is 1. The highest BCUT2D eigenvalue weighted by Gasteiger charge is 2.20. The van der Waals surface area contributed by atoms with Gasteiger partial charge in [-0.05, 0) is 32.6 Å². The first-order chi connectivity index (χ1) is 10.3. The van der Waals surface area contributed by atoms with Gasteiger partial charge < -0.3 is 19.9 Å². The molecule has 2 heterocycles. The van der Waals surface area contributed by atoms with Crippen molar-refractivity contribution in [2.75, 3.05) is 52.9 Å². The molecule has 0 bridgehead atoms. The summed E-state index contributed by atoms with van der Waals surface area (Å²) in [5.41, 5.74) is 1.32. The van der Waals surface area contributed by atoms with Gasteiger partial charge in [-0.25, -0.2) is 0 Å². The molecule has 1 aromatic rings. The molecule has 1 saturated heterocycles. The monoisotopic (exact) mass is 289 g/mol. The minimum atomic E-state index is 0.461. The van der Waals surface area contributed by atoms with E-state index in [2.05, 4.69) is 46.4 Å². The Bertz CT molecular complexity index is 443. The number of likely N-dealkylation sites (N-methyl/N-ethyl adjacent to an activating group) is 1. The van der Waals surface area contributed by atoms with E-state index in [0.29, 0.717) is 6.04 Å². The van der Waals surface area contributed by atoms with Crippen LogP contribution in [0.15, 0.2) is 24.3 Å². The van der Waals surface area contributed by atoms with E-state index < -0.39 is 0 Å². The molecule has 1 N–H and O–H groups in total. The first kappa shape index (κ1) is 14.8. The molecule has 0 radical (unpaired) electrons. The van der Waals surface area contributed by atoms with Gasteiger partial charge in [-0.3, -0.25) is 0 Å². The fourth-order valence-electron chi connectivity index (χ4n) is 3.20. The Labute approximate surface area is 128 Å². The summed E-state index contributed by atoms with van der Waals surface area (Å²) in [7, 11) is 2.21. The number of rotatable bonds is 5. The normalized spacial score (nSPS) is 23.6.